The van der Waals surface area contributed by atoms with Crippen LogP contribution in [0.1, 0.15) is 46.5 Å². The van der Waals surface area contributed by atoms with E-state index in [1.165, 1.54) is 0 Å². The second kappa shape index (κ2) is 21.4. The summed E-state index contributed by atoms with van der Waals surface area (Å²) < 4.78 is 0. The van der Waals surface area contributed by atoms with Crippen molar-refractivity contribution in [1.82, 2.24) is 37.2 Å². The Balaban J connectivity index is 4.55. The van der Waals surface area contributed by atoms with Crippen LogP contribution in [0.4, 0.5) is 19.2 Å². The lowest BCUT2D eigenvalue weighted by Gasteiger charge is -2.22. The van der Waals surface area contributed by atoms with Crippen LogP contribution in [0.15, 0.2) is 9.98 Å². The van der Waals surface area contributed by atoms with Crippen LogP contribution in [0.2, 0.25) is 0 Å². The molecule has 0 aliphatic rings. The molecule has 0 aromatic rings. The number of aliphatic imine (C=N–C) groups is 2. The minimum Gasteiger partial charge on any atom is -0.370 e. The lowest BCUT2D eigenvalue weighted by Crippen LogP contribution is -2.53. The molecule has 0 radical (unpaired) electrons. The summed E-state index contributed by atoms with van der Waals surface area (Å²) in [6, 6.07) is -3.14. The highest BCUT2D eigenvalue weighted by Gasteiger charge is 2.16. The van der Waals surface area contributed by atoms with Gasteiger partial charge in [0.15, 0.2) is 11.9 Å². The molecule has 0 aliphatic heterocycles. The Morgan fingerprint density at radius 2 is 1.02 bits per heavy atom. The molecule has 0 fully saturated rings. The molecule has 0 saturated heterocycles. The molecular weight excluding hydrogens is 536 g/mol. The van der Waals surface area contributed by atoms with Crippen LogP contribution in [0, 0.1) is 5.92 Å². The first kappa shape index (κ1) is 36.6. The van der Waals surface area contributed by atoms with Gasteiger partial charge in [0.2, 0.25) is 0 Å². The van der Waals surface area contributed by atoms with Gasteiger partial charge in [0, 0.05) is 57.4 Å². The molecule has 8 amide bonds. The van der Waals surface area contributed by atoms with E-state index in [1.807, 2.05) is 6.92 Å². The summed E-state index contributed by atoms with van der Waals surface area (Å²) in [5.41, 5.74) is 26.3. The maximum Gasteiger partial charge on any atom is 0.315 e. The van der Waals surface area contributed by atoms with Crippen LogP contribution in [-0.4, -0.2) is 93.4 Å². The van der Waals surface area contributed by atoms with Crippen LogP contribution >= 0.6 is 0 Å². The molecule has 17 N–H and O–H groups in total. The van der Waals surface area contributed by atoms with Crippen LogP contribution in [-0.2, 0) is 0 Å². The van der Waals surface area contributed by atoms with Crippen LogP contribution in [0.25, 0.3) is 0 Å². The van der Waals surface area contributed by atoms with Gasteiger partial charge in [-0.2, -0.15) is 0 Å². The molecule has 0 bridgehead atoms. The monoisotopic (exact) mass is 586 g/mol. The first-order valence-electron chi connectivity index (χ1n) is 13.6. The van der Waals surface area contributed by atoms with E-state index in [4.69, 9.17) is 28.7 Å². The average molecular weight is 587 g/mol. The van der Waals surface area contributed by atoms with E-state index >= 15 is 0 Å². The van der Waals surface area contributed by atoms with Crippen molar-refractivity contribution < 1.29 is 19.2 Å². The smallest absolute Gasteiger partial charge is 0.315 e. The summed E-state index contributed by atoms with van der Waals surface area (Å²) in [6.45, 7) is 7.30. The Kier molecular flexibility index (Phi) is 19.2. The highest BCUT2D eigenvalue weighted by Crippen LogP contribution is 2.04. The highest BCUT2D eigenvalue weighted by atomic mass is 16.2. The molecule has 0 heterocycles. The average Bonchev–Trinajstić information content (AvgIpc) is 2.88. The number of nitrogens with zero attached hydrogens (tertiary/aromatic N) is 2. The number of amides is 8. The third kappa shape index (κ3) is 23.2. The van der Waals surface area contributed by atoms with Gasteiger partial charge in [-0.05, 0) is 45.4 Å². The molecule has 236 valence electrons. The Hall–Kier alpha value is -4.38. The number of carbonyl (C=O) groups is 4. The zero-order valence-corrected chi connectivity index (χ0v) is 24.3. The number of nitrogens with one attached hydrogen (secondary N) is 7. The van der Waals surface area contributed by atoms with Gasteiger partial charge in [-0.3, -0.25) is 9.98 Å². The van der Waals surface area contributed by atoms with Crippen LogP contribution < -0.4 is 65.9 Å². The second-order valence-electron chi connectivity index (χ2n) is 9.81. The molecule has 0 saturated carbocycles. The molecular formula is C23H50N14O4. The normalized spacial score (nSPS) is 13.2. The van der Waals surface area contributed by atoms with Gasteiger partial charge in [-0.1, -0.05) is 6.92 Å². The summed E-state index contributed by atoms with van der Waals surface area (Å²) in [5.74, 6) is 0.265. The predicted octanol–water partition coefficient (Wildman–Crippen LogP) is -2.56. The number of carbonyl (C=O) groups excluding carboxylic acids is 4. The third-order valence-electron chi connectivity index (χ3n) is 5.52. The number of urea groups is 4. The summed E-state index contributed by atoms with van der Waals surface area (Å²) in [7, 11) is 0. The summed E-state index contributed by atoms with van der Waals surface area (Å²) in [4.78, 5) is 55.6. The second-order valence-corrected chi connectivity index (χ2v) is 9.81. The molecule has 41 heavy (non-hydrogen) atoms. The fourth-order valence-electron chi connectivity index (χ4n) is 3.39. The number of rotatable bonds is 19. The minimum atomic E-state index is -0.692. The number of primary amides is 1. The molecule has 0 unspecified atom stereocenters. The first-order chi connectivity index (χ1) is 19.3. The highest BCUT2D eigenvalue weighted by molar-refractivity contribution is 5.77. The van der Waals surface area contributed by atoms with Crippen molar-refractivity contribution in [2.75, 3.05) is 39.3 Å². The lowest BCUT2D eigenvalue weighted by molar-refractivity contribution is 0.226. The van der Waals surface area contributed by atoms with Gasteiger partial charge in [0.05, 0.1) is 0 Å². The van der Waals surface area contributed by atoms with Gasteiger partial charge in [-0.15, -0.1) is 0 Å². The fraction of sp³-hybridized carbons (Fsp3) is 0.739. The van der Waals surface area contributed by atoms with Crippen molar-refractivity contribution in [2.45, 2.75) is 64.6 Å². The van der Waals surface area contributed by atoms with Gasteiger partial charge >= 0.3 is 24.1 Å². The van der Waals surface area contributed by atoms with E-state index < -0.39 is 24.1 Å². The first-order valence-corrected chi connectivity index (χ1v) is 13.6. The molecule has 0 aromatic heterocycles. The maximum atomic E-state index is 12.5. The van der Waals surface area contributed by atoms with E-state index in [0.717, 1.165) is 12.8 Å². The lowest BCUT2D eigenvalue weighted by atomic mass is 10.1. The van der Waals surface area contributed by atoms with Crippen LogP contribution in [0.3, 0.4) is 0 Å². The molecule has 4 atom stereocenters. The fourth-order valence-corrected chi connectivity index (χ4v) is 3.39. The van der Waals surface area contributed by atoms with Crippen molar-refractivity contribution in [2.24, 2.45) is 44.6 Å². The van der Waals surface area contributed by atoms with Gasteiger partial charge in [0.1, 0.15) is 0 Å². The summed E-state index contributed by atoms with van der Waals surface area (Å²) >= 11 is 0. The number of nitrogens with two attached hydrogens (primary N) is 5. The maximum absolute atomic E-state index is 12.5. The standard InChI is InChI=1S/C23H50N14O4/c1-14(6-4-8-29-18(24)25)10-32-21(39)36-16(3)12-33-23(41)37-17(7-5-9-30-19(26)27)13-34-22(40)35-15(2)11-31-20(28)38/h14-17H,4-13H2,1-3H3,(H4,24,25,29)(H4,26,27,30)(H3,28,31,38)(H2,32,36,39)(H2,33,37,41)(H2,34,35,40)/t14-,15-,16-,17-/m0/s1. The van der Waals surface area contributed by atoms with Gasteiger partial charge < -0.3 is 65.9 Å². The van der Waals surface area contributed by atoms with Crippen molar-refractivity contribution in [3.8, 4) is 0 Å². The summed E-state index contributed by atoms with van der Waals surface area (Å²) in [6.07, 6.45) is 2.68. The van der Waals surface area contributed by atoms with Crippen molar-refractivity contribution in [1.29, 1.82) is 0 Å². The zero-order chi connectivity index (χ0) is 31.2. The Bertz CT molecular complexity index is 861. The molecule has 18 nitrogen and oxygen atoms in total. The topological polar surface area (TPSA) is 307 Å². The molecule has 0 aromatic carbocycles. The molecule has 0 aliphatic carbocycles. The van der Waals surface area contributed by atoms with E-state index in [0.29, 0.717) is 32.5 Å². The number of hydrogen-bond acceptors (Lipinski definition) is 6. The van der Waals surface area contributed by atoms with Crippen molar-refractivity contribution >= 4 is 36.0 Å². The van der Waals surface area contributed by atoms with E-state index in [-0.39, 0.29) is 55.6 Å². The minimum absolute atomic E-state index is 0.0360. The molecule has 0 spiro atoms. The molecule has 18 heteroatoms. The summed E-state index contributed by atoms with van der Waals surface area (Å²) in [5, 5.41) is 18.8. The Morgan fingerprint density at radius 1 is 0.585 bits per heavy atom. The largest absolute Gasteiger partial charge is 0.370 e. The Labute approximate surface area is 241 Å². The predicted molar refractivity (Wildman–Crippen MR) is 159 cm³/mol. The quantitative estimate of drug-likeness (QED) is 0.0433. The van der Waals surface area contributed by atoms with E-state index in [9.17, 15) is 19.2 Å². The van der Waals surface area contributed by atoms with E-state index in [2.05, 4.69) is 47.2 Å². The Morgan fingerprint density at radius 3 is 1.54 bits per heavy atom. The zero-order valence-electron chi connectivity index (χ0n) is 24.3. The molecule has 0 rings (SSSR count). The van der Waals surface area contributed by atoms with Gasteiger partial charge in [-0.25, -0.2) is 19.2 Å². The van der Waals surface area contributed by atoms with Crippen molar-refractivity contribution in [3.63, 3.8) is 0 Å². The van der Waals surface area contributed by atoms with E-state index in [1.54, 1.807) is 13.8 Å². The van der Waals surface area contributed by atoms with Crippen LogP contribution in [0.5, 0.6) is 0 Å². The number of hydrogen-bond donors (Lipinski definition) is 12. The SMILES string of the molecule is C[C@@H](CCCN=C(N)N)CNC(=O)N[C@@H](C)CNC(=O)N[C@@H](CCCN=C(N)N)CNC(=O)N[C@@H](C)CNC(N)=O. The van der Waals surface area contributed by atoms with Crippen molar-refractivity contribution in [3.05, 3.63) is 0 Å². The number of guanidine groups is 2. The third-order valence-corrected chi connectivity index (χ3v) is 5.52. The van der Waals surface area contributed by atoms with Gasteiger partial charge in [0.25, 0.3) is 0 Å².